The van der Waals surface area contributed by atoms with Crippen molar-refractivity contribution in [3.63, 3.8) is 0 Å². The number of hydrogen-bond donors (Lipinski definition) is 1. The first-order valence-electron chi connectivity index (χ1n) is 8.81. The summed E-state index contributed by atoms with van der Waals surface area (Å²) in [6.45, 7) is 5.56. The number of methoxy groups -OCH3 is 1. The van der Waals surface area contributed by atoms with E-state index in [1.165, 1.54) is 5.69 Å². The fourth-order valence-electron chi connectivity index (χ4n) is 3.09. The molecule has 0 bridgehead atoms. The van der Waals surface area contributed by atoms with E-state index >= 15 is 0 Å². The molecule has 1 heterocycles. The number of anilines is 1. The lowest BCUT2D eigenvalue weighted by Crippen LogP contribution is -2.48. The van der Waals surface area contributed by atoms with Gasteiger partial charge in [0.15, 0.2) is 0 Å². The van der Waals surface area contributed by atoms with Crippen molar-refractivity contribution in [2.24, 2.45) is 0 Å². The van der Waals surface area contributed by atoms with Crippen LogP contribution in [0.5, 0.6) is 5.75 Å². The number of nitrogens with zero attached hydrogens (tertiary/aromatic N) is 2. The standard InChI is InChI=1S/C20H24IN3O2/c1-26-17-8-6-16(7-9-17)24-14-12-23(13-15-24)11-10-22-20(25)18-4-2-3-5-19(18)21/h2-9H,10-15H2,1H3,(H,22,25). The summed E-state index contributed by atoms with van der Waals surface area (Å²) in [5.74, 6) is 0.892. The maximum absolute atomic E-state index is 12.2. The molecule has 1 aliphatic heterocycles. The summed E-state index contributed by atoms with van der Waals surface area (Å²) in [5.41, 5.74) is 1.98. The number of benzene rings is 2. The molecule has 0 aliphatic carbocycles. The Labute approximate surface area is 168 Å². The van der Waals surface area contributed by atoms with Crippen molar-refractivity contribution < 1.29 is 9.53 Å². The van der Waals surface area contributed by atoms with E-state index in [4.69, 9.17) is 4.74 Å². The zero-order chi connectivity index (χ0) is 18.4. The van der Waals surface area contributed by atoms with Gasteiger partial charge in [-0.2, -0.15) is 0 Å². The van der Waals surface area contributed by atoms with Crippen LogP contribution in [-0.2, 0) is 0 Å². The van der Waals surface area contributed by atoms with Crippen LogP contribution in [0.15, 0.2) is 48.5 Å². The molecule has 0 spiro atoms. The van der Waals surface area contributed by atoms with Crippen molar-refractivity contribution in [1.29, 1.82) is 0 Å². The van der Waals surface area contributed by atoms with Crippen molar-refractivity contribution >= 4 is 34.2 Å². The van der Waals surface area contributed by atoms with Gasteiger partial charge in [0, 0.05) is 48.5 Å². The molecule has 3 rings (SSSR count). The highest BCUT2D eigenvalue weighted by Gasteiger charge is 2.17. The van der Waals surface area contributed by atoms with Crippen LogP contribution in [0.4, 0.5) is 5.69 Å². The summed E-state index contributed by atoms with van der Waals surface area (Å²) >= 11 is 2.20. The summed E-state index contributed by atoms with van der Waals surface area (Å²) in [6.07, 6.45) is 0. The van der Waals surface area contributed by atoms with Gasteiger partial charge in [0.1, 0.15) is 5.75 Å². The van der Waals surface area contributed by atoms with Crippen molar-refractivity contribution in [2.75, 3.05) is 51.3 Å². The number of hydrogen-bond acceptors (Lipinski definition) is 4. The lowest BCUT2D eigenvalue weighted by molar-refractivity contribution is 0.0947. The molecule has 2 aromatic carbocycles. The molecule has 138 valence electrons. The smallest absolute Gasteiger partial charge is 0.252 e. The first kappa shape index (κ1) is 19.0. The van der Waals surface area contributed by atoms with Gasteiger partial charge in [0.2, 0.25) is 0 Å². The van der Waals surface area contributed by atoms with Gasteiger partial charge in [-0.3, -0.25) is 9.69 Å². The highest BCUT2D eigenvalue weighted by molar-refractivity contribution is 14.1. The van der Waals surface area contributed by atoms with Crippen molar-refractivity contribution in [3.8, 4) is 5.75 Å². The molecule has 0 saturated carbocycles. The van der Waals surface area contributed by atoms with Gasteiger partial charge in [-0.1, -0.05) is 12.1 Å². The van der Waals surface area contributed by atoms with Gasteiger partial charge in [-0.15, -0.1) is 0 Å². The number of ether oxygens (including phenoxy) is 1. The van der Waals surface area contributed by atoms with E-state index in [9.17, 15) is 4.79 Å². The Balaban J connectivity index is 1.41. The first-order valence-corrected chi connectivity index (χ1v) is 9.89. The molecule has 26 heavy (non-hydrogen) atoms. The average molecular weight is 465 g/mol. The Morgan fingerprint density at radius 3 is 2.42 bits per heavy atom. The van der Waals surface area contributed by atoms with Gasteiger partial charge in [0.25, 0.3) is 5.91 Å². The Kier molecular flexibility index (Phi) is 6.73. The van der Waals surface area contributed by atoms with E-state index in [1.807, 2.05) is 36.4 Å². The van der Waals surface area contributed by atoms with Crippen LogP contribution in [-0.4, -0.2) is 57.2 Å². The lowest BCUT2D eigenvalue weighted by Gasteiger charge is -2.36. The summed E-state index contributed by atoms with van der Waals surface area (Å²) < 4.78 is 6.20. The van der Waals surface area contributed by atoms with Crippen LogP contribution in [0.3, 0.4) is 0 Å². The average Bonchev–Trinajstić information content (AvgIpc) is 2.69. The second-order valence-electron chi connectivity index (χ2n) is 6.26. The number of nitrogens with one attached hydrogen (secondary N) is 1. The quantitative estimate of drug-likeness (QED) is 0.667. The predicted octanol–water partition coefficient (Wildman–Crippen LogP) is 2.85. The topological polar surface area (TPSA) is 44.8 Å². The van der Waals surface area contributed by atoms with E-state index < -0.39 is 0 Å². The molecular formula is C20H24IN3O2. The van der Waals surface area contributed by atoms with Gasteiger partial charge < -0.3 is 15.0 Å². The van der Waals surface area contributed by atoms with Gasteiger partial charge >= 0.3 is 0 Å². The second kappa shape index (κ2) is 9.23. The Morgan fingerprint density at radius 1 is 1.08 bits per heavy atom. The number of piperazine rings is 1. The van der Waals surface area contributed by atoms with Crippen molar-refractivity contribution in [3.05, 3.63) is 57.7 Å². The maximum Gasteiger partial charge on any atom is 0.252 e. The largest absolute Gasteiger partial charge is 0.497 e. The van der Waals surface area contributed by atoms with Crippen molar-refractivity contribution in [1.82, 2.24) is 10.2 Å². The van der Waals surface area contributed by atoms with Gasteiger partial charge in [0.05, 0.1) is 12.7 Å². The van der Waals surface area contributed by atoms with E-state index in [-0.39, 0.29) is 5.91 Å². The number of carbonyl (C=O) groups excluding carboxylic acids is 1. The molecule has 5 nitrogen and oxygen atoms in total. The number of amides is 1. The fraction of sp³-hybridized carbons (Fsp3) is 0.350. The van der Waals surface area contributed by atoms with Crippen LogP contribution in [0.2, 0.25) is 0 Å². The van der Waals surface area contributed by atoms with E-state index in [1.54, 1.807) is 7.11 Å². The van der Waals surface area contributed by atoms with E-state index in [0.717, 1.165) is 47.6 Å². The third-order valence-corrected chi connectivity index (χ3v) is 5.58. The fourth-order valence-corrected chi connectivity index (χ4v) is 3.72. The van der Waals surface area contributed by atoms with Crippen LogP contribution in [0.1, 0.15) is 10.4 Å². The van der Waals surface area contributed by atoms with Crippen LogP contribution < -0.4 is 15.0 Å². The molecule has 0 unspecified atom stereocenters. The Bertz CT molecular complexity index is 728. The normalized spacial score (nSPS) is 14.9. The predicted molar refractivity (Wildman–Crippen MR) is 113 cm³/mol. The molecule has 0 aromatic heterocycles. The van der Waals surface area contributed by atoms with Gasteiger partial charge in [-0.25, -0.2) is 0 Å². The molecule has 1 aliphatic rings. The molecule has 0 radical (unpaired) electrons. The van der Waals surface area contributed by atoms with E-state index in [0.29, 0.717) is 6.54 Å². The molecular weight excluding hydrogens is 441 g/mol. The molecule has 1 fully saturated rings. The highest BCUT2D eigenvalue weighted by Crippen LogP contribution is 2.20. The minimum atomic E-state index is 0.00636. The van der Waals surface area contributed by atoms with Crippen LogP contribution in [0.25, 0.3) is 0 Å². The summed E-state index contributed by atoms with van der Waals surface area (Å²) in [6, 6.07) is 15.9. The summed E-state index contributed by atoms with van der Waals surface area (Å²) in [7, 11) is 1.69. The number of rotatable bonds is 6. The minimum absolute atomic E-state index is 0.00636. The number of carbonyl (C=O) groups is 1. The molecule has 2 aromatic rings. The minimum Gasteiger partial charge on any atom is -0.497 e. The van der Waals surface area contributed by atoms with E-state index in [2.05, 4.69) is 49.8 Å². The third kappa shape index (κ3) is 4.88. The van der Waals surface area contributed by atoms with Crippen LogP contribution in [0, 0.1) is 3.57 Å². The lowest BCUT2D eigenvalue weighted by atomic mass is 10.2. The van der Waals surface area contributed by atoms with Crippen LogP contribution >= 0.6 is 22.6 Å². The third-order valence-electron chi connectivity index (χ3n) is 4.64. The Morgan fingerprint density at radius 2 is 1.77 bits per heavy atom. The zero-order valence-corrected chi connectivity index (χ0v) is 17.1. The Hall–Kier alpha value is -1.80. The highest BCUT2D eigenvalue weighted by atomic mass is 127. The van der Waals surface area contributed by atoms with Crippen molar-refractivity contribution in [2.45, 2.75) is 0 Å². The second-order valence-corrected chi connectivity index (χ2v) is 7.42. The molecule has 0 atom stereocenters. The SMILES string of the molecule is COc1ccc(N2CCN(CCNC(=O)c3ccccc3I)CC2)cc1. The molecule has 6 heteroatoms. The molecule has 1 amide bonds. The maximum atomic E-state index is 12.2. The summed E-state index contributed by atoms with van der Waals surface area (Å²) in [4.78, 5) is 17.0. The monoisotopic (exact) mass is 465 g/mol. The first-order chi connectivity index (χ1) is 12.7. The molecule has 1 N–H and O–H groups in total. The van der Waals surface area contributed by atoms with Gasteiger partial charge in [-0.05, 0) is 59.0 Å². The summed E-state index contributed by atoms with van der Waals surface area (Å²) in [5, 5.41) is 3.03. The molecule has 1 saturated heterocycles. The zero-order valence-electron chi connectivity index (χ0n) is 15.0. The number of halogens is 1.